The van der Waals surface area contributed by atoms with Crippen LogP contribution in [0.25, 0.3) is 0 Å². The van der Waals surface area contributed by atoms with Crippen molar-refractivity contribution in [2.24, 2.45) is 22.7 Å². The summed E-state index contributed by atoms with van der Waals surface area (Å²) in [6.07, 6.45) is 7.81. The number of hydrogen-bond donors (Lipinski definition) is 1. The molecule has 7 heteroatoms. The van der Waals surface area contributed by atoms with E-state index in [0.717, 1.165) is 10.7 Å². The van der Waals surface area contributed by atoms with Gasteiger partial charge in [0.05, 0.1) is 17.9 Å². The van der Waals surface area contributed by atoms with E-state index in [-0.39, 0.29) is 29.7 Å². The van der Waals surface area contributed by atoms with Crippen LogP contribution in [0.4, 0.5) is 5.69 Å². The Hall–Kier alpha value is -2.89. The van der Waals surface area contributed by atoms with Crippen molar-refractivity contribution < 1.29 is 9.59 Å². The average Bonchev–Trinajstić information content (AvgIpc) is 2.70. The number of anilines is 1. The quantitative estimate of drug-likeness (QED) is 0.299. The Morgan fingerprint density at radius 1 is 1.27 bits per heavy atom. The Bertz CT molecular complexity index is 792. The lowest BCUT2D eigenvalue weighted by atomic mass is 9.70. The molecule has 1 aliphatic carbocycles. The molecule has 1 fully saturated rings. The van der Waals surface area contributed by atoms with Crippen molar-refractivity contribution in [3.63, 3.8) is 0 Å². The smallest absolute Gasteiger partial charge is 0.244 e. The first-order valence-corrected chi connectivity index (χ1v) is 8.58. The number of hydrogen-bond acceptors (Lipinski definition) is 6. The van der Waals surface area contributed by atoms with E-state index in [4.69, 9.17) is 5.84 Å². The molecule has 1 amide bonds. The molecule has 2 aromatic rings. The molecule has 134 valence electrons. The van der Waals surface area contributed by atoms with Gasteiger partial charge in [-0.2, -0.15) is 0 Å². The number of aromatic nitrogens is 2. The summed E-state index contributed by atoms with van der Waals surface area (Å²) in [7, 11) is 0. The van der Waals surface area contributed by atoms with Crippen molar-refractivity contribution in [3.05, 3.63) is 54.6 Å². The molecule has 1 saturated carbocycles. The third-order valence-corrected chi connectivity index (χ3v) is 5.11. The van der Waals surface area contributed by atoms with Crippen LogP contribution >= 0.6 is 0 Å². The van der Waals surface area contributed by atoms with E-state index in [0.29, 0.717) is 18.5 Å². The highest BCUT2D eigenvalue weighted by molar-refractivity contribution is 5.94. The number of nitrogens with zero attached hydrogens (tertiary/aromatic N) is 4. The predicted molar refractivity (Wildman–Crippen MR) is 96.7 cm³/mol. The van der Waals surface area contributed by atoms with Crippen LogP contribution in [0, 0.1) is 11.8 Å². The van der Waals surface area contributed by atoms with Gasteiger partial charge < -0.3 is 0 Å². The normalized spacial score (nSPS) is 25.2. The first-order valence-electron chi connectivity index (χ1n) is 8.58. The van der Waals surface area contributed by atoms with Crippen molar-refractivity contribution >= 4 is 17.7 Å². The minimum Gasteiger partial charge on any atom is -0.273 e. The summed E-state index contributed by atoms with van der Waals surface area (Å²) in [6, 6.07) is 8.87. The van der Waals surface area contributed by atoms with Gasteiger partial charge in [-0.25, -0.2) is 20.6 Å². The van der Waals surface area contributed by atoms with Crippen LogP contribution in [0.2, 0.25) is 0 Å². The summed E-state index contributed by atoms with van der Waals surface area (Å²) in [6.45, 7) is 1.93. The summed E-state index contributed by atoms with van der Waals surface area (Å²) in [5, 5.41) is 1.14. The fourth-order valence-corrected chi connectivity index (χ4v) is 3.62. The molecule has 4 unspecified atom stereocenters. The topological polar surface area (TPSA) is 102 Å². The molecule has 3 rings (SSSR count). The largest absolute Gasteiger partial charge is 0.273 e. The van der Waals surface area contributed by atoms with Crippen LogP contribution in [0.15, 0.2) is 53.9 Å². The molecule has 0 bridgehead atoms. The third kappa shape index (κ3) is 3.69. The number of carbonyl (C=O) groups excluding carboxylic acids is 2. The minimum absolute atomic E-state index is 0.0331. The fraction of sp³-hybridized carbons (Fsp3) is 0.368. The lowest BCUT2D eigenvalue weighted by molar-refractivity contribution is -0.125. The van der Waals surface area contributed by atoms with Gasteiger partial charge in [-0.15, -0.1) is 0 Å². The van der Waals surface area contributed by atoms with E-state index in [1.54, 1.807) is 36.8 Å². The second-order valence-electron chi connectivity index (χ2n) is 6.60. The molecule has 2 heterocycles. The van der Waals surface area contributed by atoms with Crippen molar-refractivity contribution in [1.82, 2.24) is 9.97 Å². The lowest BCUT2D eigenvalue weighted by Gasteiger charge is -2.38. The number of nitrogens with two attached hydrogens (primary N) is 1. The number of aliphatic imine (C=N–C) groups is 1. The van der Waals surface area contributed by atoms with Gasteiger partial charge in [0.2, 0.25) is 12.0 Å². The van der Waals surface area contributed by atoms with E-state index in [9.17, 15) is 9.59 Å². The highest BCUT2D eigenvalue weighted by atomic mass is 16.2. The molecular formula is C19H21N5O2. The summed E-state index contributed by atoms with van der Waals surface area (Å²) in [5.74, 6) is 5.39. The first-order chi connectivity index (χ1) is 12.6. The van der Waals surface area contributed by atoms with Gasteiger partial charge in [0.15, 0.2) is 0 Å². The zero-order chi connectivity index (χ0) is 18.5. The van der Waals surface area contributed by atoms with Crippen molar-refractivity contribution in [2.45, 2.75) is 31.7 Å². The van der Waals surface area contributed by atoms with Crippen LogP contribution in [-0.4, -0.2) is 28.0 Å². The molecule has 0 radical (unpaired) electrons. The summed E-state index contributed by atoms with van der Waals surface area (Å²) in [5.41, 5.74) is 1.42. The maximum atomic E-state index is 13.0. The average molecular weight is 351 g/mol. The van der Waals surface area contributed by atoms with Crippen LogP contribution in [0.5, 0.6) is 0 Å². The van der Waals surface area contributed by atoms with E-state index >= 15 is 0 Å². The Morgan fingerprint density at radius 3 is 2.77 bits per heavy atom. The van der Waals surface area contributed by atoms with Gasteiger partial charge in [0.1, 0.15) is 0 Å². The highest BCUT2D eigenvalue weighted by Crippen LogP contribution is 2.41. The van der Waals surface area contributed by atoms with Gasteiger partial charge in [-0.3, -0.25) is 14.8 Å². The fourth-order valence-electron chi connectivity index (χ4n) is 3.62. The van der Waals surface area contributed by atoms with E-state index in [2.05, 4.69) is 15.0 Å². The highest BCUT2D eigenvalue weighted by Gasteiger charge is 2.41. The Morgan fingerprint density at radius 2 is 2.12 bits per heavy atom. The Labute approximate surface area is 151 Å². The van der Waals surface area contributed by atoms with Crippen LogP contribution in [0.3, 0.4) is 0 Å². The molecule has 1 aliphatic rings. The molecule has 0 aromatic carbocycles. The molecule has 2 N–H and O–H groups in total. The number of pyridine rings is 2. The third-order valence-electron chi connectivity index (χ3n) is 5.11. The Kier molecular flexibility index (Phi) is 5.51. The molecule has 2 aromatic heterocycles. The number of carbonyl (C=O) groups is 1. The molecule has 4 atom stereocenters. The van der Waals surface area contributed by atoms with Crippen LogP contribution in [-0.2, 0) is 9.59 Å². The second kappa shape index (κ2) is 7.99. The molecule has 0 saturated heterocycles. The van der Waals surface area contributed by atoms with E-state index in [1.807, 2.05) is 25.1 Å². The minimum atomic E-state index is -0.372. The zero-order valence-electron chi connectivity index (χ0n) is 14.5. The monoisotopic (exact) mass is 351 g/mol. The summed E-state index contributed by atoms with van der Waals surface area (Å²) in [4.78, 5) is 36.3. The lowest BCUT2D eigenvalue weighted by Crippen LogP contribution is -2.47. The van der Waals surface area contributed by atoms with E-state index < -0.39 is 0 Å². The number of amides is 1. The van der Waals surface area contributed by atoms with Crippen molar-refractivity contribution in [2.75, 3.05) is 5.01 Å². The SMILES string of the molecule is CC1C(N=C=O)CC(c2ccccn2)CC1C(=O)N(N)c1cccnc1. The molecule has 26 heavy (non-hydrogen) atoms. The maximum Gasteiger partial charge on any atom is 0.244 e. The van der Waals surface area contributed by atoms with Gasteiger partial charge in [0.25, 0.3) is 0 Å². The predicted octanol–water partition coefficient (Wildman–Crippen LogP) is 2.22. The summed E-state index contributed by atoms with van der Waals surface area (Å²) < 4.78 is 0. The standard InChI is InChI=1S/C19H21N5O2/c1-13-16(19(26)24(20)15-5-4-7-21-11-15)9-14(10-18(13)23-12-25)17-6-2-3-8-22-17/h2-8,11,13-14,16,18H,9-10,20H2,1H3. The number of hydrazine groups is 1. The Balaban J connectivity index is 1.88. The van der Waals surface area contributed by atoms with Gasteiger partial charge in [0, 0.05) is 29.9 Å². The van der Waals surface area contributed by atoms with Gasteiger partial charge >= 0.3 is 0 Å². The molecular weight excluding hydrogens is 330 g/mol. The van der Waals surface area contributed by atoms with Crippen LogP contribution in [0.1, 0.15) is 31.4 Å². The number of rotatable bonds is 4. The zero-order valence-corrected chi connectivity index (χ0v) is 14.5. The summed E-state index contributed by atoms with van der Waals surface area (Å²) >= 11 is 0. The van der Waals surface area contributed by atoms with Crippen LogP contribution < -0.4 is 10.9 Å². The molecule has 7 nitrogen and oxygen atoms in total. The number of isocyanates is 1. The maximum absolute atomic E-state index is 13.0. The van der Waals surface area contributed by atoms with Gasteiger partial charge in [-0.05, 0) is 43.0 Å². The first kappa shape index (κ1) is 17.9. The van der Waals surface area contributed by atoms with E-state index in [1.165, 1.54) is 0 Å². The van der Waals surface area contributed by atoms with Crippen molar-refractivity contribution in [3.8, 4) is 0 Å². The van der Waals surface area contributed by atoms with Gasteiger partial charge in [-0.1, -0.05) is 13.0 Å². The molecule has 0 spiro atoms. The van der Waals surface area contributed by atoms with Crippen molar-refractivity contribution in [1.29, 1.82) is 0 Å². The molecule has 0 aliphatic heterocycles. The second-order valence-corrected chi connectivity index (χ2v) is 6.60.